The lowest BCUT2D eigenvalue weighted by molar-refractivity contribution is 0.185. The first-order valence-electron chi connectivity index (χ1n) is 8.47. The number of nitrogens with one attached hydrogen (secondary N) is 2. The van der Waals surface area contributed by atoms with Crippen molar-refractivity contribution in [3.05, 3.63) is 65.2 Å². The van der Waals surface area contributed by atoms with Gasteiger partial charge >= 0.3 is 0 Å². The lowest BCUT2D eigenvalue weighted by atomic mass is 10.1. The van der Waals surface area contributed by atoms with Gasteiger partial charge in [0.2, 0.25) is 0 Å². The van der Waals surface area contributed by atoms with Crippen LogP contribution in [0.15, 0.2) is 53.5 Å². The Kier molecular flexibility index (Phi) is 7.79. The molecule has 0 aromatic heterocycles. The van der Waals surface area contributed by atoms with E-state index in [9.17, 15) is 0 Å². The summed E-state index contributed by atoms with van der Waals surface area (Å²) in [6, 6.07) is 16.3. The molecule has 0 unspecified atom stereocenters. The third-order valence-corrected chi connectivity index (χ3v) is 3.72. The van der Waals surface area contributed by atoms with Crippen molar-refractivity contribution in [2.45, 2.75) is 26.6 Å². The van der Waals surface area contributed by atoms with Gasteiger partial charge in [-0.05, 0) is 35.7 Å². The molecule has 2 aromatic carbocycles. The van der Waals surface area contributed by atoms with Crippen LogP contribution in [0.2, 0.25) is 0 Å². The normalized spacial score (nSPS) is 11.2. The van der Waals surface area contributed by atoms with Crippen LogP contribution in [0.25, 0.3) is 0 Å². The molecule has 5 nitrogen and oxygen atoms in total. The topological polar surface area (TPSA) is 54.9 Å². The minimum Gasteiger partial charge on any atom is -0.497 e. The van der Waals surface area contributed by atoms with Crippen LogP contribution in [-0.2, 0) is 24.4 Å². The van der Waals surface area contributed by atoms with E-state index in [1.807, 2.05) is 24.3 Å². The van der Waals surface area contributed by atoms with Crippen LogP contribution >= 0.6 is 0 Å². The van der Waals surface area contributed by atoms with Gasteiger partial charge in [-0.2, -0.15) is 0 Å². The second-order valence-electron chi connectivity index (χ2n) is 5.65. The van der Waals surface area contributed by atoms with Gasteiger partial charge in [0, 0.05) is 20.2 Å². The minimum atomic E-state index is 0.617. The van der Waals surface area contributed by atoms with E-state index >= 15 is 0 Å². The van der Waals surface area contributed by atoms with Gasteiger partial charge in [0.1, 0.15) is 5.75 Å². The maximum Gasteiger partial charge on any atom is 0.191 e. The zero-order valence-electron chi connectivity index (χ0n) is 15.2. The average Bonchev–Trinajstić information content (AvgIpc) is 2.66. The number of benzene rings is 2. The van der Waals surface area contributed by atoms with Gasteiger partial charge < -0.3 is 20.1 Å². The van der Waals surface area contributed by atoms with Crippen LogP contribution in [0.3, 0.4) is 0 Å². The van der Waals surface area contributed by atoms with Crippen molar-refractivity contribution in [3.8, 4) is 5.75 Å². The van der Waals surface area contributed by atoms with Crippen LogP contribution in [0, 0.1) is 0 Å². The number of ether oxygens (including phenoxy) is 2. The molecular formula is C20H27N3O2. The summed E-state index contributed by atoms with van der Waals surface area (Å²) in [5, 5.41) is 6.64. The van der Waals surface area contributed by atoms with Gasteiger partial charge in [0.05, 0.1) is 20.3 Å². The molecule has 0 spiro atoms. The highest BCUT2D eigenvalue weighted by atomic mass is 16.5. The molecule has 2 rings (SSSR count). The Morgan fingerprint density at radius 2 is 1.52 bits per heavy atom. The predicted octanol–water partition coefficient (Wildman–Crippen LogP) is 3.10. The SMILES string of the molecule is CCNC(=NCc1ccc(OC)cc1)NCc1ccc(COC)cc1. The van der Waals surface area contributed by atoms with Crippen molar-refractivity contribution >= 4 is 5.96 Å². The Morgan fingerprint density at radius 1 is 0.880 bits per heavy atom. The van der Waals surface area contributed by atoms with E-state index in [-0.39, 0.29) is 0 Å². The third-order valence-electron chi connectivity index (χ3n) is 3.72. The summed E-state index contributed by atoms with van der Waals surface area (Å²) in [7, 11) is 3.37. The highest BCUT2D eigenvalue weighted by Gasteiger charge is 2.00. The van der Waals surface area contributed by atoms with E-state index < -0.39 is 0 Å². The zero-order valence-corrected chi connectivity index (χ0v) is 15.2. The van der Waals surface area contributed by atoms with E-state index in [1.165, 1.54) is 11.1 Å². The fraction of sp³-hybridized carbons (Fsp3) is 0.350. The molecule has 0 heterocycles. The van der Waals surface area contributed by atoms with Crippen LogP contribution in [0.4, 0.5) is 0 Å². The molecule has 0 amide bonds. The zero-order chi connectivity index (χ0) is 17.9. The highest BCUT2D eigenvalue weighted by Crippen LogP contribution is 2.12. The fourth-order valence-corrected chi connectivity index (χ4v) is 2.35. The summed E-state index contributed by atoms with van der Waals surface area (Å²) in [6.07, 6.45) is 0. The molecule has 25 heavy (non-hydrogen) atoms. The molecular weight excluding hydrogens is 314 g/mol. The number of aliphatic imine (C=N–C) groups is 1. The predicted molar refractivity (Wildman–Crippen MR) is 102 cm³/mol. The molecule has 0 aliphatic carbocycles. The first-order chi connectivity index (χ1) is 12.2. The van der Waals surface area contributed by atoms with Gasteiger partial charge in [-0.15, -0.1) is 0 Å². The Morgan fingerprint density at radius 3 is 2.12 bits per heavy atom. The largest absolute Gasteiger partial charge is 0.497 e. The van der Waals surface area contributed by atoms with Crippen molar-refractivity contribution < 1.29 is 9.47 Å². The second kappa shape index (κ2) is 10.4. The number of hydrogen-bond donors (Lipinski definition) is 2. The summed E-state index contributed by atoms with van der Waals surface area (Å²) >= 11 is 0. The van der Waals surface area contributed by atoms with Crippen molar-refractivity contribution in [1.82, 2.24) is 10.6 Å². The molecule has 0 fully saturated rings. The van der Waals surface area contributed by atoms with Gasteiger partial charge in [-0.1, -0.05) is 36.4 Å². The molecule has 0 aliphatic heterocycles. The van der Waals surface area contributed by atoms with Crippen LogP contribution in [-0.4, -0.2) is 26.7 Å². The van der Waals surface area contributed by atoms with Crippen LogP contribution in [0.1, 0.15) is 23.6 Å². The van der Waals surface area contributed by atoms with Crippen molar-refractivity contribution in [3.63, 3.8) is 0 Å². The summed E-state index contributed by atoms with van der Waals surface area (Å²) in [4.78, 5) is 4.63. The molecule has 0 bridgehead atoms. The monoisotopic (exact) mass is 341 g/mol. The van der Waals surface area contributed by atoms with Gasteiger partial charge in [0.15, 0.2) is 5.96 Å². The summed E-state index contributed by atoms with van der Waals surface area (Å²) in [5.74, 6) is 1.66. The fourth-order valence-electron chi connectivity index (χ4n) is 2.35. The number of guanidine groups is 1. The van der Waals surface area contributed by atoms with Crippen LogP contribution < -0.4 is 15.4 Å². The van der Waals surface area contributed by atoms with Crippen LogP contribution in [0.5, 0.6) is 5.75 Å². The maximum absolute atomic E-state index is 5.18. The molecule has 0 saturated heterocycles. The van der Waals surface area contributed by atoms with E-state index in [1.54, 1.807) is 14.2 Å². The smallest absolute Gasteiger partial charge is 0.191 e. The second-order valence-corrected chi connectivity index (χ2v) is 5.65. The number of methoxy groups -OCH3 is 2. The van der Waals surface area contributed by atoms with Crippen molar-refractivity contribution in [2.24, 2.45) is 4.99 Å². The Hall–Kier alpha value is -2.53. The van der Waals surface area contributed by atoms with Crippen molar-refractivity contribution in [1.29, 1.82) is 0 Å². The standard InChI is InChI=1S/C20H27N3O2/c1-4-21-20(23-14-17-9-11-19(25-3)12-10-17)22-13-16-5-7-18(8-6-16)15-24-2/h5-12H,4,13-15H2,1-3H3,(H2,21,22,23). The summed E-state index contributed by atoms with van der Waals surface area (Å²) in [5.41, 5.74) is 3.52. The van der Waals surface area contributed by atoms with Gasteiger partial charge in [-0.25, -0.2) is 4.99 Å². The number of rotatable bonds is 8. The van der Waals surface area contributed by atoms with Gasteiger partial charge in [0.25, 0.3) is 0 Å². The molecule has 2 aromatic rings. The Labute approximate surface area is 150 Å². The molecule has 5 heteroatoms. The van der Waals surface area contributed by atoms with E-state index in [0.29, 0.717) is 13.2 Å². The lowest BCUT2D eigenvalue weighted by Gasteiger charge is -2.12. The van der Waals surface area contributed by atoms with E-state index in [2.05, 4.69) is 46.8 Å². The Bertz CT molecular complexity index is 652. The highest BCUT2D eigenvalue weighted by molar-refractivity contribution is 5.79. The van der Waals surface area contributed by atoms with Crippen molar-refractivity contribution in [2.75, 3.05) is 20.8 Å². The molecule has 0 aliphatic rings. The van der Waals surface area contributed by atoms with Gasteiger partial charge in [-0.3, -0.25) is 0 Å². The van der Waals surface area contributed by atoms with E-state index in [0.717, 1.165) is 30.4 Å². The summed E-state index contributed by atoms with van der Waals surface area (Å²) in [6.45, 7) is 4.86. The molecule has 134 valence electrons. The number of nitrogens with zero attached hydrogens (tertiary/aromatic N) is 1. The average molecular weight is 341 g/mol. The first-order valence-corrected chi connectivity index (χ1v) is 8.47. The molecule has 0 saturated carbocycles. The lowest BCUT2D eigenvalue weighted by Crippen LogP contribution is -2.36. The first kappa shape index (κ1) is 18.8. The Balaban J connectivity index is 1.92. The molecule has 0 atom stereocenters. The minimum absolute atomic E-state index is 0.617. The molecule has 0 radical (unpaired) electrons. The third kappa shape index (κ3) is 6.47. The number of hydrogen-bond acceptors (Lipinski definition) is 3. The summed E-state index contributed by atoms with van der Waals surface area (Å²) < 4.78 is 10.3. The quantitative estimate of drug-likeness (QED) is 0.572. The van der Waals surface area contributed by atoms with E-state index in [4.69, 9.17) is 9.47 Å². The maximum atomic E-state index is 5.18. The molecule has 2 N–H and O–H groups in total.